The fourth-order valence-corrected chi connectivity index (χ4v) is 16.9. The number of rotatable bonds is 40. The summed E-state index contributed by atoms with van der Waals surface area (Å²) in [4.78, 5) is 34.5. The van der Waals surface area contributed by atoms with Crippen molar-refractivity contribution in [3.05, 3.63) is 141 Å². The first-order chi connectivity index (χ1) is 83.9. The second-order valence-electron chi connectivity index (χ2n) is 32.1. The summed E-state index contributed by atoms with van der Waals surface area (Å²) in [5.74, 6) is -7.91. The molecule has 0 saturated heterocycles. The van der Waals surface area contributed by atoms with Crippen LogP contribution in [-0.2, 0) is 18.9 Å². The van der Waals surface area contributed by atoms with E-state index in [0.29, 0.717) is 75.6 Å². The molecule has 144 heavy (non-hydrogen) atoms. The summed E-state index contributed by atoms with van der Waals surface area (Å²) in [5, 5.41) is 168. The minimum absolute atomic E-state index is 0.0251. The van der Waals surface area contributed by atoms with Gasteiger partial charge < -0.3 is 101 Å². The number of aryl methyl sites for hydroxylation is 4. The predicted octanol–water partition coefficient (Wildman–Crippen LogP) is 8.73. The van der Waals surface area contributed by atoms with Crippen molar-refractivity contribution < 1.29 is 153 Å². The summed E-state index contributed by atoms with van der Waals surface area (Å²) < 4.78 is 416. The number of aliphatic hydroxyl groups excluding tert-OH is 2. The van der Waals surface area contributed by atoms with E-state index in [1.165, 1.54) is 55.5 Å². The zero-order valence-corrected chi connectivity index (χ0v) is 80.6. The molecule has 20 rings (SSSR count). The van der Waals surface area contributed by atoms with Crippen LogP contribution in [0.4, 0.5) is 40.8 Å². The summed E-state index contributed by atoms with van der Waals surface area (Å²) in [6.45, 7) is -5.32. The molecule has 4 aromatic carbocycles. The van der Waals surface area contributed by atoms with Crippen LogP contribution < -0.4 is 21.3 Å². The van der Waals surface area contributed by atoms with Crippen molar-refractivity contribution in [2.24, 2.45) is 0 Å². The van der Waals surface area contributed by atoms with E-state index in [4.69, 9.17) is 69.0 Å². The number of anilines is 4. The minimum Gasteiger partial charge on any atom is -0.394 e. The average Bonchev–Trinajstić information content (AvgIpc) is 1.48. The van der Waals surface area contributed by atoms with E-state index in [9.17, 15) is 78.8 Å². The molecule has 8 fully saturated rings. The molecule has 0 spiro atoms. The molecule has 0 unspecified atom stereocenters. The number of nitrogens with one attached hydrogen (secondary N) is 4. The maximum atomic E-state index is 14.4. The first kappa shape index (κ1) is 66.0. The van der Waals surface area contributed by atoms with E-state index in [1.807, 2.05) is 27.7 Å². The van der Waals surface area contributed by atoms with Gasteiger partial charge in [0.05, 0.1) is 139 Å². The van der Waals surface area contributed by atoms with Crippen LogP contribution in [0.5, 0.6) is 0 Å². The van der Waals surface area contributed by atoms with Gasteiger partial charge in [-0.25, -0.2) is 76.2 Å². The second-order valence-corrected chi connectivity index (χ2v) is 36.4. The number of halogens is 4. The van der Waals surface area contributed by atoms with Crippen molar-refractivity contribution in [2.75, 3.05) is 96.9 Å². The van der Waals surface area contributed by atoms with E-state index >= 15 is 0 Å². The summed E-state index contributed by atoms with van der Waals surface area (Å²) in [5.41, 5.74) is -1.28. The van der Waals surface area contributed by atoms with Crippen molar-refractivity contribution >= 4 is 115 Å². The molecule has 8 saturated carbocycles. The Balaban J connectivity index is 0.000000161. The summed E-state index contributed by atoms with van der Waals surface area (Å²) >= 11 is 4.34. The van der Waals surface area contributed by atoms with Gasteiger partial charge in [0.25, 0.3) is 0 Å². The number of aliphatic hydroxyl groups is 12. The van der Waals surface area contributed by atoms with Crippen LogP contribution in [0.25, 0.3) is 44.7 Å². The van der Waals surface area contributed by atoms with Gasteiger partial charge in [-0.05, 0) is 148 Å². The lowest BCUT2D eigenvalue weighted by Gasteiger charge is -2.17. The lowest BCUT2D eigenvalue weighted by Crippen LogP contribution is -2.33. The van der Waals surface area contributed by atoms with Gasteiger partial charge in [-0.15, -0.1) is 20.4 Å². The number of benzene rings is 4. The van der Waals surface area contributed by atoms with E-state index in [2.05, 4.69) is 107 Å². The smallest absolute Gasteiger partial charge is 0.191 e. The third-order valence-electron chi connectivity index (χ3n) is 21.9. The maximum absolute atomic E-state index is 14.4. The first-order valence-electron chi connectivity index (χ1n) is 64.3. The van der Waals surface area contributed by atoms with Crippen LogP contribution in [0.3, 0.4) is 0 Å². The van der Waals surface area contributed by atoms with Crippen LogP contribution in [0.15, 0.2) is 93.4 Å². The highest BCUT2D eigenvalue weighted by Gasteiger charge is 2.51. The van der Waals surface area contributed by atoms with E-state index in [-0.39, 0.29) is 122 Å². The van der Waals surface area contributed by atoms with Gasteiger partial charge in [0.2, 0.25) is 0 Å². The number of hydrogen-bond donors (Lipinski definition) is 16. The lowest BCUT2D eigenvalue weighted by atomic mass is 10.1. The van der Waals surface area contributed by atoms with Crippen molar-refractivity contribution in [1.82, 2.24) is 99.8 Å². The molecular weight excluding hydrogens is 1950 g/mol. The molecule has 8 aliphatic carbocycles. The summed E-state index contributed by atoms with van der Waals surface area (Å²) in [6, 6.07) is -5.22. The number of fused-ring (bicyclic) bond motifs is 4. The second kappa shape index (κ2) is 47.3. The van der Waals surface area contributed by atoms with Crippen LogP contribution in [0.2, 0.25) is 0 Å². The Bertz CT molecular complexity index is 8760. The van der Waals surface area contributed by atoms with Gasteiger partial charge >= 0.3 is 0 Å². The normalized spacial score (nSPS) is 45.7. The number of nitrogens with zero attached hydrogens (tertiary/aromatic N) is 20. The predicted molar refractivity (Wildman–Crippen MR) is 530 cm³/mol. The van der Waals surface area contributed by atoms with Gasteiger partial charge in [0, 0.05) is 113 Å². The zero-order valence-electron chi connectivity index (χ0n) is 117. The van der Waals surface area contributed by atoms with Crippen molar-refractivity contribution in [3.63, 3.8) is 0 Å². The van der Waals surface area contributed by atoms with E-state index in [0.717, 1.165) is 65.2 Å². The Morgan fingerprint density at radius 2 is 0.611 bits per heavy atom. The van der Waals surface area contributed by atoms with Gasteiger partial charge in [0.1, 0.15) is 71.9 Å². The molecular formula is C96H124F4N24O16S4. The van der Waals surface area contributed by atoms with Gasteiger partial charge in [-0.3, -0.25) is 0 Å². The lowest BCUT2D eigenvalue weighted by molar-refractivity contribution is -0.0629. The standard InChI is InChI=1S/4C24H31FN6O4S/c4*1-3-8-36-24-27-22(26-16-10-14(16)13-5-4-12(2)15(25)9-13)19-23(28-24)31(30-29-19)17-11-18(35-7-6-32)21(34)20(17)33/h4*4-5,9,14,16-18,20-21,32-34H,3,6-8,10-11H2,1-2H3,(H,26,27,28)/t4*14-,16+,17+,18-,20-,21+/m0000/s1/i6D2,7D2,11D2,14D,16D,17D,18D,20D,21D;7D2,11D2,14D,16D,17D,18D,20D,21D;6D2,11D2,14D,16D,17D,18D,20D,21D;11D2,14D,16D,17D,18D,20D,21D. The summed E-state index contributed by atoms with van der Waals surface area (Å²) in [6.07, 6.45) is -60.8. The molecule has 16 N–H and O–H groups in total. The molecule has 0 radical (unpaired) electrons. The Labute approximate surface area is 899 Å². The van der Waals surface area contributed by atoms with Crippen molar-refractivity contribution in [1.29, 1.82) is 0 Å². The molecule has 8 heterocycles. The third kappa shape index (κ3) is 23.8. The van der Waals surface area contributed by atoms with Crippen LogP contribution in [0, 0.1) is 51.0 Å². The Kier molecular flexibility index (Phi) is 21.7. The Morgan fingerprint density at radius 1 is 0.354 bits per heavy atom. The molecule has 0 amide bonds. The summed E-state index contributed by atoms with van der Waals surface area (Å²) in [7, 11) is 0. The molecule has 24 atom stereocenters. The first-order valence-corrected chi connectivity index (χ1v) is 48.3. The molecule has 776 valence electrons. The van der Waals surface area contributed by atoms with Gasteiger partial charge in [0.15, 0.2) is 88.6 Å². The fourth-order valence-electron chi connectivity index (χ4n) is 14.2. The Morgan fingerprint density at radius 3 is 0.847 bits per heavy atom. The molecule has 48 heteroatoms. The molecule has 0 bridgehead atoms. The fraction of sp³-hybridized carbons (Fsp3) is 0.583. The Hall–Kier alpha value is -9.52. The van der Waals surface area contributed by atoms with Crippen molar-refractivity contribution in [2.45, 2.75) is 298 Å². The highest BCUT2D eigenvalue weighted by molar-refractivity contribution is 7.99. The number of hydrogen-bond acceptors (Lipinski definition) is 40. The molecule has 0 aliphatic heterocycles. The highest BCUT2D eigenvalue weighted by Crippen LogP contribution is 2.50. The van der Waals surface area contributed by atoms with Crippen LogP contribution in [0.1, 0.15) is 252 Å². The number of thioether (sulfide) groups is 4. The highest BCUT2D eigenvalue weighted by atomic mass is 32.2. The SMILES string of the molecule is [2H]C([2H])(CO)O[C@@]1([2H])C([2H])([2H])[C@@]([2H])(n2nnc3c(N[C@]4([2H])C[C@@]4([2H])c4ccc(C)c(F)c4)nc(SCCC)nc32)[C@]([2H])(O)[C@]1([2H])O.[2H]C([2H])(O)C([2H])([2H])O[C@@]1([2H])C([2H])([2H])[C@@]([2H])(n2nnc3c(N[C@]4([2H])C[C@@]4([2H])c4ccc(C)c(F)c4)nc(SCCC)nc32)[C@]([2H])(O)[C@]1([2H])O.[2H]C([2H])(O)CO[C@@]1([2H])C([2H])([2H])[C@@]([2H])(n2nnc3c(N[C@]4([2H])C[C@@]4([2H])c4ccc(C)c(F)c4)nc(SCCC)nc32)[C@]([2H])(O)[C@]1([2H])O.[2H]C1([2H])[C@]([2H])(OCCO)[C@@]([2H])(O)[C@@]([2H])(O)[C@]1([2H])n1nnc2c(N[C@]3([2H])C[C@@]3([2H])c3ccc(C)c(F)c3)nc(SCCC)nc21. The monoisotopic (exact) mass is 2110 g/mol. The maximum Gasteiger partial charge on any atom is 0.191 e. The van der Waals surface area contributed by atoms with Crippen molar-refractivity contribution in [3.8, 4) is 0 Å². The topological polar surface area (TPSA) is 554 Å². The average molecular weight is 2110 g/mol. The number of ether oxygens (including phenoxy) is 4. The minimum atomic E-state index is -4.29. The molecule has 8 aromatic heterocycles. The van der Waals surface area contributed by atoms with E-state index < -0.39 is 274 Å². The molecule has 12 aromatic rings. The molecule has 8 aliphatic rings. The van der Waals surface area contributed by atoms with Crippen LogP contribution >= 0.6 is 47.0 Å². The zero-order chi connectivity index (χ0) is 138. The van der Waals surface area contributed by atoms with E-state index in [1.54, 1.807) is 26.8 Å². The largest absolute Gasteiger partial charge is 0.394 e. The molecule has 40 nitrogen and oxygen atoms in total. The quantitative estimate of drug-likeness (QED) is 0.00969. The van der Waals surface area contributed by atoms with Gasteiger partial charge in [-0.1, -0.05) is 144 Å². The number of aromatic nitrogens is 20. The third-order valence-corrected chi connectivity index (χ3v) is 26.1. The van der Waals surface area contributed by atoms with Gasteiger partial charge in [-0.2, -0.15) is 0 Å². The van der Waals surface area contributed by atoms with Crippen LogP contribution in [-0.4, -0.2) is 334 Å².